The van der Waals surface area contributed by atoms with Gasteiger partial charge in [-0.3, -0.25) is 9.59 Å². The van der Waals surface area contributed by atoms with E-state index in [-0.39, 0.29) is 5.91 Å². The largest absolute Gasteiger partial charge is 0.494 e. The van der Waals surface area contributed by atoms with Gasteiger partial charge in [-0.2, -0.15) is 0 Å². The Kier molecular flexibility index (Phi) is 9.37. The number of benzene rings is 1. The van der Waals surface area contributed by atoms with Gasteiger partial charge in [0.25, 0.3) is 5.91 Å². The van der Waals surface area contributed by atoms with Gasteiger partial charge in [0.2, 0.25) is 5.91 Å². The van der Waals surface area contributed by atoms with Gasteiger partial charge in [0.15, 0.2) is 0 Å². The number of primary amides is 1. The van der Waals surface area contributed by atoms with E-state index >= 15 is 0 Å². The average molecular weight is 489 g/mol. The second-order valence-electron chi connectivity index (χ2n) is 10.4. The molecule has 1 unspecified atom stereocenters. The Hall–Kier alpha value is -2.81. The topological polar surface area (TPSA) is 123 Å². The molecule has 2 atom stereocenters. The molecule has 0 spiro atoms. The smallest absolute Gasteiger partial charge is 0.408 e. The number of ether oxygens (including phenoxy) is 2. The molecule has 2 aliphatic heterocycles. The van der Waals surface area contributed by atoms with Crippen LogP contribution in [0.3, 0.4) is 0 Å². The molecule has 0 saturated carbocycles. The zero-order valence-corrected chi connectivity index (χ0v) is 21.2. The van der Waals surface area contributed by atoms with Crippen molar-refractivity contribution in [3.63, 3.8) is 0 Å². The van der Waals surface area contributed by atoms with Crippen molar-refractivity contribution in [2.24, 2.45) is 11.7 Å². The van der Waals surface area contributed by atoms with Crippen molar-refractivity contribution < 1.29 is 23.9 Å². The molecule has 3 rings (SSSR count). The van der Waals surface area contributed by atoms with E-state index in [4.69, 9.17) is 15.2 Å². The van der Waals surface area contributed by atoms with Crippen LogP contribution in [0.1, 0.15) is 70.9 Å². The van der Waals surface area contributed by atoms with Gasteiger partial charge in [-0.05, 0) is 96.0 Å². The normalized spacial score (nSPS) is 19.7. The van der Waals surface area contributed by atoms with Gasteiger partial charge < -0.3 is 30.7 Å². The standard InChI is InChI=1S/C26H40N4O5/c1-26(2,3)35-25(33)29-22(24(32)30-16-4-7-21(30)23(27)31)19-8-10-20(11-9-19)34-17-5-6-18-12-14-28-15-13-18/h8-11,18,21-22,28H,4-7,12-17H2,1-3H3,(H2,27,31)(H,29,33)/t21-,22?/m0/s1. The Bertz CT molecular complexity index is 861. The Morgan fingerprint density at radius 2 is 1.83 bits per heavy atom. The van der Waals surface area contributed by atoms with E-state index in [1.165, 1.54) is 17.7 Å². The summed E-state index contributed by atoms with van der Waals surface area (Å²) in [5.41, 5.74) is 5.38. The highest BCUT2D eigenvalue weighted by atomic mass is 16.6. The fourth-order valence-corrected chi connectivity index (χ4v) is 4.69. The van der Waals surface area contributed by atoms with E-state index in [2.05, 4.69) is 10.6 Å². The van der Waals surface area contributed by atoms with E-state index in [1.807, 2.05) is 0 Å². The summed E-state index contributed by atoms with van der Waals surface area (Å²) in [5.74, 6) is 0.550. The first kappa shape index (κ1) is 26.8. The molecule has 0 aromatic heterocycles. The predicted octanol–water partition coefficient (Wildman–Crippen LogP) is 2.89. The molecule has 1 aromatic rings. The molecule has 3 amide bonds. The van der Waals surface area contributed by atoms with E-state index in [0.29, 0.717) is 37.3 Å². The van der Waals surface area contributed by atoms with Gasteiger partial charge in [-0.15, -0.1) is 0 Å². The van der Waals surface area contributed by atoms with Crippen LogP contribution < -0.4 is 21.1 Å². The van der Waals surface area contributed by atoms with E-state index in [0.717, 1.165) is 31.8 Å². The summed E-state index contributed by atoms with van der Waals surface area (Å²) in [6, 6.07) is 5.44. The quantitative estimate of drug-likeness (QED) is 0.459. The molecule has 0 bridgehead atoms. The summed E-state index contributed by atoms with van der Waals surface area (Å²) in [6.45, 7) is 8.51. The number of alkyl carbamates (subject to hydrolysis) is 1. The maximum Gasteiger partial charge on any atom is 0.408 e. The summed E-state index contributed by atoms with van der Waals surface area (Å²) < 4.78 is 11.3. The van der Waals surface area contributed by atoms with Crippen LogP contribution in [0.4, 0.5) is 4.79 Å². The van der Waals surface area contributed by atoms with Gasteiger partial charge in [0.1, 0.15) is 23.4 Å². The third-order valence-electron chi connectivity index (χ3n) is 6.47. The van der Waals surface area contributed by atoms with E-state index in [9.17, 15) is 14.4 Å². The first-order valence-electron chi connectivity index (χ1n) is 12.7. The number of hydrogen-bond acceptors (Lipinski definition) is 6. The van der Waals surface area contributed by atoms with E-state index < -0.39 is 29.7 Å². The lowest BCUT2D eigenvalue weighted by Crippen LogP contribution is -2.49. The summed E-state index contributed by atoms with van der Waals surface area (Å²) >= 11 is 0. The highest BCUT2D eigenvalue weighted by molar-refractivity contribution is 5.92. The van der Waals surface area contributed by atoms with Crippen LogP contribution in [-0.2, 0) is 14.3 Å². The molecule has 2 saturated heterocycles. The Balaban J connectivity index is 1.65. The molecule has 0 radical (unpaired) electrons. The lowest BCUT2D eigenvalue weighted by atomic mass is 9.93. The monoisotopic (exact) mass is 488 g/mol. The number of nitrogens with one attached hydrogen (secondary N) is 2. The van der Waals surface area contributed by atoms with Crippen molar-refractivity contribution in [1.82, 2.24) is 15.5 Å². The predicted molar refractivity (Wildman–Crippen MR) is 133 cm³/mol. The second-order valence-corrected chi connectivity index (χ2v) is 10.4. The summed E-state index contributed by atoms with van der Waals surface area (Å²) in [4.78, 5) is 39.3. The second kappa shape index (κ2) is 12.2. The maximum atomic E-state index is 13.4. The van der Waals surface area contributed by atoms with Gasteiger partial charge in [0.05, 0.1) is 6.61 Å². The van der Waals surface area contributed by atoms with Crippen molar-refractivity contribution >= 4 is 17.9 Å². The molecule has 2 heterocycles. The van der Waals surface area contributed by atoms with Gasteiger partial charge in [-0.1, -0.05) is 12.1 Å². The molecule has 4 N–H and O–H groups in total. The first-order valence-corrected chi connectivity index (χ1v) is 12.7. The fourth-order valence-electron chi connectivity index (χ4n) is 4.69. The van der Waals surface area contributed by atoms with Crippen LogP contribution in [0, 0.1) is 5.92 Å². The number of rotatable bonds is 9. The number of piperidine rings is 1. The number of carbonyl (C=O) groups is 3. The van der Waals surface area contributed by atoms with Gasteiger partial charge in [0, 0.05) is 6.54 Å². The zero-order chi connectivity index (χ0) is 25.4. The molecule has 194 valence electrons. The average Bonchev–Trinajstić information content (AvgIpc) is 3.30. The van der Waals surface area contributed by atoms with Crippen molar-refractivity contribution in [3.8, 4) is 5.75 Å². The number of nitrogens with zero attached hydrogens (tertiary/aromatic N) is 1. The Labute approximate surface area is 208 Å². The minimum Gasteiger partial charge on any atom is -0.494 e. The van der Waals surface area contributed by atoms with Crippen molar-refractivity contribution in [2.45, 2.75) is 77.0 Å². The number of carbonyl (C=O) groups excluding carboxylic acids is 3. The highest BCUT2D eigenvalue weighted by Crippen LogP contribution is 2.26. The Morgan fingerprint density at radius 3 is 2.46 bits per heavy atom. The first-order chi connectivity index (χ1) is 16.6. The van der Waals surface area contributed by atoms with Crippen molar-refractivity contribution in [3.05, 3.63) is 29.8 Å². The van der Waals surface area contributed by atoms with Crippen LogP contribution in [0.15, 0.2) is 24.3 Å². The third kappa shape index (κ3) is 8.13. The SMILES string of the molecule is CC(C)(C)OC(=O)NC(C(=O)N1CCC[C@H]1C(N)=O)c1ccc(OCCCC2CCNCC2)cc1. The number of hydrogen-bond donors (Lipinski definition) is 3. The van der Waals surface area contributed by atoms with E-state index in [1.54, 1.807) is 45.0 Å². The van der Waals surface area contributed by atoms with Crippen LogP contribution in [0.25, 0.3) is 0 Å². The fraction of sp³-hybridized carbons (Fsp3) is 0.654. The number of nitrogens with two attached hydrogens (primary N) is 1. The molecule has 2 fully saturated rings. The highest BCUT2D eigenvalue weighted by Gasteiger charge is 2.37. The molecular weight excluding hydrogens is 448 g/mol. The summed E-state index contributed by atoms with van der Waals surface area (Å²) in [7, 11) is 0. The minimum absolute atomic E-state index is 0.382. The molecular formula is C26H40N4O5. The van der Waals surface area contributed by atoms with Gasteiger partial charge >= 0.3 is 6.09 Å². The molecule has 1 aromatic carbocycles. The van der Waals surface area contributed by atoms with Crippen LogP contribution in [-0.4, -0.2) is 60.7 Å². The van der Waals surface area contributed by atoms with Crippen molar-refractivity contribution in [1.29, 1.82) is 0 Å². The van der Waals surface area contributed by atoms with Gasteiger partial charge in [-0.25, -0.2) is 4.79 Å². The maximum absolute atomic E-state index is 13.4. The number of likely N-dealkylation sites (tertiary alicyclic amines) is 1. The minimum atomic E-state index is -1.00. The molecule has 9 nitrogen and oxygen atoms in total. The van der Waals surface area contributed by atoms with Crippen molar-refractivity contribution in [2.75, 3.05) is 26.2 Å². The third-order valence-corrected chi connectivity index (χ3v) is 6.47. The molecule has 35 heavy (non-hydrogen) atoms. The van der Waals surface area contributed by atoms with Crippen LogP contribution >= 0.6 is 0 Å². The Morgan fingerprint density at radius 1 is 1.14 bits per heavy atom. The lowest BCUT2D eigenvalue weighted by molar-refractivity contribution is -0.139. The van der Waals surface area contributed by atoms with Crippen LogP contribution in [0.2, 0.25) is 0 Å². The molecule has 2 aliphatic rings. The van der Waals surface area contributed by atoms with Crippen LogP contribution in [0.5, 0.6) is 5.75 Å². The molecule has 0 aliphatic carbocycles. The summed E-state index contributed by atoms with van der Waals surface area (Å²) in [6.07, 6.45) is 5.10. The summed E-state index contributed by atoms with van der Waals surface area (Å²) in [5, 5.41) is 6.07. The lowest BCUT2D eigenvalue weighted by Gasteiger charge is -2.29. The number of amides is 3. The molecule has 9 heteroatoms. The zero-order valence-electron chi connectivity index (χ0n) is 21.2.